The molecule has 0 aromatic rings. The third-order valence-corrected chi connectivity index (χ3v) is 3.99. The monoisotopic (exact) mass is 225 g/mol. The quantitative estimate of drug-likeness (QED) is 0.653. The van der Waals surface area contributed by atoms with Crippen LogP contribution in [0.15, 0.2) is 0 Å². The lowest BCUT2D eigenvalue weighted by Crippen LogP contribution is -2.39. The zero-order valence-electron chi connectivity index (χ0n) is 10.9. The summed E-state index contributed by atoms with van der Waals surface area (Å²) in [7, 11) is 4.52. The highest BCUT2D eigenvalue weighted by atomic mass is 15.2. The van der Waals surface area contributed by atoms with Gasteiger partial charge < -0.3 is 15.1 Å². The van der Waals surface area contributed by atoms with Gasteiger partial charge in [-0.15, -0.1) is 0 Å². The van der Waals surface area contributed by atoms with Crippen molar-refractivity contribution in [1.29, 1.82) is 0 Å². The summed E-state index contributed by atoms with van der Waals surface area (Å²) < 4.78 is 0. The lowest BCUT2D eigenvalue weighted by molar-refractivity contribution is 0.220. The van der Waals surface area contributed by atoms with Gasteiger partial charge in [0.2, 0.25) is 0 Å². The van der Waals surface area contributed by atoms with Gasteiger partial charge in [-0.3, -0.25) is 0 Å². The summed E-state index contributed by atoms with van der Waals surface area (Å²) in [5, 5.41) is 3.56. The van der Waals surface area contributed by atoms with Crippen LogP contribution >= 0.6 is 0 Å². The maximum absolute atomic E-state index is 3.56. The lowest BCUT2D eigenvalue weighted by Gasteiger charge is -2.25. The molecular weight excluding hydrogens is 198 g/mol. The van der Waals surface area contributed by atoms with Gasteiger partial charge >= 0.3 is 0 Å². The molecule has 16 heavy (non-hydrogen) atoms. The molecule has 1 aliphatic carbocycles. The molecular formula is C13H27N3. The highest BCUT2D eigenvalue weighted by Gasteiger charge is 2.22. The second kappa shape index (κ2) is 5.99. The Morgan fingerprint density at radius 2 is 2.12 bits per heavy atom. The fourth-order valence-electron chi connectivity index (χ4n) is 2.56. The van der Waals surface area contributed by atoms with Crippen molar-refractivity contribution in [3.63, 3.8) is 0 Å². The van der Waals surface area contributed by atoms with Crippen molar-refractivity contribution in [3.8, 4) is 0 Å². The summed E-state index contributed by atoms with van der Waals surface area (Å²) in [5.41, 5.74) is 0. The SMILES string of the molecule is CN(CCNCC1CC1)CC1CCCN1C. The molecule has 0 aromatic carbocycles. The highest BCUT2D eigenvalue weighted by molar-refractivity contribution is 4.79. The molecule has 1 atom stereocenters. The number of rotatable bonds is 7. The van der Waals surface area contributed by atoms with Crippen molar-refractivity contribution < 1.29 is 0 Å². The third kappa shape index (κ3) is 4.04. The van der Waals surface area contributed by atoms with Crippen molar-refractivity contribution in [2.45, 2.75) is 31.7 Å². The van der Waals surface area contributed by atoms with Gasteiger partial charge in [0.1, 0.15) is 0 Å². The van der Waals surface area contributed by atoms with Crippen LogP contribution in [0.1, 0.15) is 25.7 Å². The molecule has 1 saturated carbocycles. The minimum atomic E-state index is 0.799. The Balaban J connectivity index is 1.51. The molecule has 1 N–H and O–H groups in total. The van der Waals surface area contributed by atoms with Gasteiger partial charge in [-0.1, -0.05) is 0 Å². The van der Waals surface area contributed by atoms with Crippen molar-refractivity contribution in [2.24, 2.45) is 5.92 Å². The van der Waals surface area contributed by atoms with Gasteiger partial charge in [-0.25, -0.2) is 0 Å². The van der Waals surface area contributed by atoms with Crippen molar-refractivity contribution in [1.82, 2.24) is 15.1 Å². The molecule has 1 heterocycles. The van der Waals surface area contributed by atoms with E-state index >= 15 is 0 Å². The Labute approximate surface area is 100 Å². The molecule has 94 valence electrons. The molecule has 2 fully saturated rings. The van der Waals surface area contributed by atoms with E-state index in [1.165, 1.54) is 51.9 Å². The molecule has 1 saturated heterocycles. The van der Waals surface area contributed by atoms with E-state index < -0.39 is 0 Å². The van der Waals surface area contributed by atoms with Crippen LogP contribution in [0.2, 0.25) is 0 Å². The number of nitrogens with one attached hydrogen (secondary N) is 1. The maximum atomic E-state index is 3.56. The van der Waals surface area contributed by atoms with E-state index in [2.05, 4.69) is 29.2 Å². The largest absolute Gasteiger partial charge is 0.315 e. The smallest absolute Gasteiger partial charge is 0.0220 e. The summed E-state index contributed by atoms with van der Waals surface area (Å²) in [6, 6.07) is 0.799. The average molecular weight is 225 g/mol. The summed E-state index contributed by atoms with van der Waals surface area (Å²) >= 11 is 0. The summed E-state index contributed by atoms with van der Waals surface area (Å²) in [6.45, 7) is 6.12. The first-order valence-electron chi connectivity index (χ1n) is 6.85. The molecule has 0 amide bonds. The fraction of sp³-hybridized carbons (Fsp3) is 1.00. The van der Waals surface area contributed by atoms with Gasteiger partial charge in [0.15, 0.2) is 0 Å². The Morgan fingerprint density at radius 3 is 2.75 bits per heavy atom. The lowest BCUT2D eigenvalue weighted by atomic mass is 10.2. The molecule has 0 spiro atoms. The number of nitrogens with zero attached hydrogens (tertiary/aromatic N) is 2. The van der Waals surface area contributed by atoms with Gasteiger partial charge in [0.25, 0.3) is 0 Å². The van der Waals surface area contributed by atoms with Crippen molar-refractivity contribution in [2.75, 3.05) is 46.8 Å². The first-order chi connectivity index (χ1) is 7.75. The van der Waals surface area contributed by atoms with E-state index in [-0.39, 0.29) is 0 Å². The van der Waals surface area contributed by atoms with Gasteiger partial charge in [0, 0.05) is 25.7 Å². The van der Waals surface area contributed by atoms with Crippen LogP contribution in [0, 0.1) is 5.92 Å². The molecule has 2 rings (SSSR count). The number of hydrogen-bond acceptors (Lipinski definition) is 3. The van der Waals surface area contributed by atoms with Crippen LogP contribution in [0.25, 0.3) is 0 Å². The first-order valence-corrected chi connectivity index (χ1v) is 6.85. The highest BCUT2D eigenvalue weighted by Crippen LogP contribution is 2.27. The third-order valence-electron chi connectivity index (χ3n) is 3.99. The Bertz CT molecular complexity index is 203. The molecule has 0 bridgehead atoms. The summed E-state index contributed by atoms with van der Waals surface area (Å²) in [5.74, 6) is 1.01. The zero-order chi connectivity index (χ0) is 11.4. The second-order valence-corrected chi connectivity index (χ2v) is 5.69. The minimum Gasteiger partial charge on any atom is -0.315 e. The number of hydrogen-bond donors (Lipinski definition) is 1. The van der Waals surface area contributed by atoms with E-state index in [1.54, 1.807) is 0 Å². The second-order valence-electron chi connectivity index (χ2n) is 5.69. The van der Waals surface area contributed by atoms with E-state index in [4.69, 9.17) is 0 Å². The topological polar surface area (TPSA) is 18.5 Å². The average Bonchev–Trinajstić information content (AvgIpc) is 3.00. The van der Waals surface area contributed by atoms with Crippen LogP contribution in [0.3, 0.4) is 0 Å². The maximum Gasteiger partial charge on any atom is 0.0220 e. The molecule has 1 unspecified atom stereocenters. The van der Waals surface area contributed by atoms with E-state index in [1.807, 2.05) is 0 Å². The summed E-state index contributed by atoms with van der Waals surface area (Å²) in [4.78, 5) is 4.99. The molecule has 0 radical (unpaired) electrons. The predicted octanol–water partition coefficient (Wildman–Crippen LogP) is 1.01. The predicted molar refractivity (Wildman–Crippen MR) is 68.7 cm³/mol. The molecule has 3 heteroatoms. The van der Waals surface area contributed by atoms with Gasteiger partial charge in [0.05, 0.1) is 0 Å². The van der Waals surface area contributed by atoms with E-state index in [0.29, 0.717) is 0 Å². The Kier molecular flexibility index (Phi) is 4.62. The Hall–Kier alpha value is -0.120. The Morgan fingerprint density at radius 1 is 1.31 bits per heavy atom. The van der Waals surface area contributed by atoms with Gasteiger partial charge in [-0.2, -0.15) is 0 Å². The van der Waals surface area contributed by atoms with Crippen molar-refractivity contribution in [3.05, 3.63) is 0 Å². The molecule has 0 aromatic heterocycles. The minimum absolute atomic E-state index is 0.799. The van der Waals surface area contributed by atoms with E-state index in [0.717, 1.165) is 18.5 Å². The van der Waals surface area contributed by atoms with E-state index in [9.17, 15) is 0 Å². The van der Waals surface area contributed by atoms with Crippen LogP contribution in [0.4, 0.5) is 0 Å². The zero-order valence-corrected chi connectivity index (χ0v) is 10.9. The van der Waals surface area contributed by atoms with Crippen LogP contribution < -0.4 is 5.32 Å². The molecule has 3 nitrogen and oxygen atoms in total. The van der Waals surface area contributed by atoms with Crippen LogP contribution in [-0.2, 0) is 0 Å². The standard InChI is InChI=1S/C13H27N3/c1-15(9-7-14-10-12-5-6-12)11-13-4-3-8-16(13)2/h12-14H,3-11H2,1-2H3. The number of likely N-dealkylation sites (tertiary alicyclic amines) is 1. The normalized spacial score (nSPS) is 26.8. The summed E-state index contributed by atoms with van der Waals surface area (Å²) in [6.07, 6.45) is 5.68. The molecule has 1 aliphatic heterocycles. The fourth-order valence-corrected chi connectivity index (χ4v) is 2.56. The van der Waals surface area contributed by atoms with Crippen LogP contribution in [-0.4, -0.2) is 62.7 Å². The van der Waals surface area contributed by atoms with Crippen LogP contribution in [0.5, 0.6) is 0 Å². The van der Waals surface area contributed by atoms with Crippen molar-refractivity contribution >= 4 is 0 Å². The molecule has 2 aliphatic rings. The first kappa shape index (κ1) is 12.3. The number of likely N-dealkylation sites (N-methyl/N-ethyl adjacent to an activating group) is 2. The van der Waals surface area contributed by atoms with Gasteiger partial charge in [-0.05, 0) is 58.8 Å².